The molecule has 19 heavy (non-hydrogen) atoms. The minimum absolute atomic E-state index is 0.0720. The summed E-state index contributed by atoms with van der Waals surface area (Å²) in [4.78, 5) is 11.9. The van der Waals surface area contributed by atoms with Gasteiger partial charge in [0.2, 0.25) is 0 Å². The predicted octanol–water partition coefficient (Wildman–Crippen LogP) is 4.93. The number of halogens is 3. The second kappa shape index (κ2) is 4.83. The average Bonchev–Trinajstić information content (AvgIpc) is 2.87. The van der Waals surface area contributed by atoms with Gasteiger partial charge in [0.05, 0.1) is 20.5 Å². The molecule has 1 aromatic rings. The normalized spacial score (nSPS) is 24.6. The van der Waals surface area contributed by atoms with E-state index in [1.165, 1.54) is 0 Å². The molecule has 0 aromatic heterocycles. The topological polar surface area (TPSA) is 26.3 Å². The molecule has 0 heterocycles. The van der Waals surface area contributed by atoms with Crippen LogP contribution in [0.5, 0.6) is 5.75 Å². The highest BCUT2D eigenvalue weighted by atomic mass is 35.5. The molecule has 2 nitrogen and oxygen atoms in total. The van der Waals surface area contributed by atoms with E-state index in [-0.39, 0.29) is 11.5 Å². The van der Waals surface area contributed by atoms with Crippen molar-refractivity contribution in [3.05, 3.63) is 27.2 Å². The minimum atomic E-state index is -0.268. The van der Waals surface area contributed by atoms with Gasteiger partial charge in [0.15, 0.2) is 0 Å². The Morgan fingerprint density at radius 1 is 1.05 bits per heavy atom. The maximum atomic E-state index is 11.9. The Labute approximate surface area is 127 Å². The number of Topliss-reactive ketones (excluding diaryl/α,β-unsaturated/α-hetero) is 1. The van der Waals surface area contributed by atoms with Crippen LogP contribution in [0.4, 0.5) is 0 Å². The largest absolute Gasteiger partial charge is 0.487 e. The summed E-state index contributed by atoms with van der Waals surface area (Å²) in [5.41, 5.74) is -0.268. The number of hydrogen-bond acceptors (Lipinski definition) is 2. The van der Waals surface area contributed by atoms with E-state index in [1.807, 2.05) is 0 Å². The van der Waals surface area contributed by atoms with Gasteiger partial charge in [-0.05, 0) is 18.9 Å². The minimum Gasteiger partial charge on any atom is -0.487 e. The molecule has 102 valence electrons. The van der Waals surface area contributed by atoms with Crippen LogP contribution in [-0.4, -0.2) is 11.9 Å². The molecular weight excluding hydrogens is 307 g/mol. The van der Waals surface area contributed by atoms with Gasteiger partial charge < -0.3 is 4.74 Å². The molecule has 3 rings (SSSR count). The number of benzene rings is 1. The number of hydrogen-bond donors (Lipinski definition) is 0. The van der Waals surface area contributed by atoms with E-state index < -0.39 is 0 Å². The molecule has 0 bridgehead atoms. The molecule has 2 aliphatic rings. The van der Waals surface area contributed by atoms with E-state index in [4.69, 9.17) is 39.5 Å². The van der Waals surface area contributed by atoms with Crippen LogP contribution < -0.4 is 4.74 Å². The smallest absolute Gasteiger partial charge is 0.146 e. The first-order valence-electron chi connectivity index (χ1n) is 6.37. The number of carbonyl (C=O) groups excluding carboxylic acids is 1. The van der Waals surface area contributed by atoms with Crippen LogP contribution in [0.25, 0.3) is 0 Å². The maximum Gasteiger partial charge on any atom is 0.146 e. The van der Waals surface area contributed by atoms with Crippen LogP contribution in [0.1, 0.15) is 32.1 Å². The van der Waals surface area contributed by atoms with E-state index in [2.05, 4.69) is 0 Å². The molecule has 1 atom stereocenters. The first kappa shape index (κ1) is 13.5. The van der Waals surface area contributed by atoms with Crippen molar-refractivity contribution in [1.29, 1.82) is 0 Å². The van der Waals surface area contributed by atoms with Crippen molar-refractivity contribution in [2.75, 3.05) is 0 Å². The quantitative estimate of drug-likeness (QED) is 0.723. The molecule has 0 radical (unpaired) electrons. The zero-order chi connectivity index (χ0) is 13.6. The molecule has 0 N–H and O–H groups in total. The van der Waals surface area contributed by atoms with E-state index in [1.54, 1.807) is 12.1 Å². The van der Waals surface area contributed by atoms with E-state index in [0.717, 1.165) is 25.7 Å². The lowest BCUT2D eigenvalue weighted by Gasteiger charge is -2.44. The molecule has 1 unspecified atom stereocenters. The molecule has 0 saturated heterocycles. The predicted molar refractivity (Wildman–Crippen MR) is 76.4 cm³/mol. The van der Waals surface area contributed by atoms with Crippen molar-refractivity contribution in [3.8, 4) is 5.75 Å². The average molecular weight is 320 g/mol. The van der Waals surface area contributed by atoms with Crippen LogP contribution in [0.15, 0.2) is 12.1 Å². The number of rotatable bonds is 2. The second-order valence-corrected chi connectivity index (χ2v) is 6.52. The molecule has 1 aromatic carbocycles. The van der Waals surface area contributed by atoms with Crippen molar-refractivity contribution in [3.63, 3.8) is 0 Å². The lowest BCUT2D eigenvalue weighted by molar-refractivity contribution is -0.151. The number of carbonyl (C=O) groups is 1. The highest BCUT2D eigenvalue weighted by Gasteiger charge is 2.57. The van der Waals surface area contributed by atoms with Gasteiger partial charge in [-0.15, -0.1) is 0 Å². The van der Waals surface area contributed by atoms with Crippen LogP contribution in [-0.2, 0) is 4.79 Å². The van der Waals surface area contributed by atoms with Gasteiger partial charge in [0.1, 0.15) is 17.6 Å². The highest BCUT2D eigenvalue weighted by Crippen LogP contribution is 2.52. The van der Waals surface area contributed by atoms with Gasteiger partial charge in [-0.25, -0.2) is 0 Å². The third kappa shape index (κ3) is 2.14. The molecule has 0 aliphatic heterocycles. The Morgan fingerprint density at radius 3 is 2.32 bits per heavy atom. The summed E-state index contributed by atoms with van der Waals surface area (Å²) < 4.78 is 5.93. The van der Waals surface area contributed by atoms with Crippen molar-refractivity contribution in [2.45, 2.75) is 38.2 Å². The Morgan fingerprint density at radius 2 is 1.68 bits per heavy atom. The molecular formula is C14H13Cl3O2. The number of ketones is 1. The van der Waals surface area contributed by atoms with Crippen molar-refractivity contribution < 1.29 is 9.53 Å². The van der Waals surface area contributed by atoms with E-state index in [0.29, 0.717) is 33.0 Å². The molecule has 1 spiro atoms. The zero-order valence-corrected chi connectivity index (χ0v) is 12.5. The van der Waals surface area contributed by atoms with Gasteiger partial charge >= 0.3 is 0 Å². The lowest BCUT2D eigenvalue weighted by atomic mass is 9.63. The van der Waals surface area contributed by atoms with Crippen LogP contribution >= 0.6 is 34.8 Å². The first-order chi connectivity index (χ1) is 9.03. The summed E-state index contributed by atoms with van der Waals surface area (Å²) in [7, 11) is 0. The van der Waals surface area contributed by atoms with Crippen molar-refractivity contribution in [1.82, 2.24) is 0 Å². The monoisotopic (exact) mass is 318 g/mol. The van der Waals surface area contributed by atoms with Crippen molar-refractivity contribution in [2.24, 2.45) is 5.41 Å². The Kier molecular flexibility index (Phi) is 3.45. The fourth-order valence-corrected chi connectivity index (χ4v) is 3.71. The maximum absolute atomic E-state index is 11.9. The summed E-state index contributed by atoms with van der Waals surface area (Å²) in [6.45, 7) is 0. The second-order valence-electron chi connectivity index (χ2n) is 5.29. The Bertz CT molecular complexity index is 536. The standard InChI is InChI=1S/C14H13Cl3O2/c15-8-5-10(17)11(6-9(8)16)19-13-7-12(18)14(13)3-1-2-4-14/h5-6,13H,1-4,7H2. The molecule has 2 aliphatic carbocycles. The number of ether oxygens (including phenoxy) is 1. The van der Waals surface area contributed by atoms with Gasteiger partial charge in [-0.2, -0.15) is 0 Å². The van der Waals surface area contributed by atoms with Gasteiger partial charge in [-0.3, -0.25) is 4.79 Å². The van der Waals surface area contributed by atoms with Crippen LogP contribution in [0.2, 0.25) is 15.1 Å². The van der Waals surface area contributed by atoms with Crippen LogP contribution in [0.3, 0.4) is 0 Å². The zero-order valence-electron chi connectivity index (χ0n) is 10.2. The molecule has 2 saturated carbocycles. The lowest BCUT2D eigenvalue weighted by Crippen LogP contribution is -2.55. The first-order valence-corrected chi connectivity index (χ1v) is 7.51. The highest BCUT2D eigenvalue weighted by molar-refractivity contribution is 6.43. The summed E-state index contributed by atoms with van der Waals surface area (Å²) in [5.74, 6) is 0.839. The molecule has 5 heteroatoms. The summed E-state index contributed by atoms with van der Waals surface area (Å²) in [6.07, 6.45) is 4.44. The third-order valence-corrected chi connectivity index (χ3v) is 5.30. The van der Waals surface area contributed by atoms with E-state index in [9.17, 15) is 4.79 Å². The third-order valence-electron chi connectivity index (χ3n) is 4.28. The molecule has 2 fully saturated rings. The summed E-state index contributed by atoms with van der Waals surface area (Å²) >= 11 is 18.0. The summed E-state index contributed by atoms with van der Waals surface area (Å²) in [6, 6.07) is 3.19. The molecule has 0 amide bonds. The van der Waals surface area contributed by atoms with Crippen molar-refractivity contribution >= 4 is 40.6 Å². The van der Waals surface area contributed by atoms with Gasteiger partial charge in [-0.1, -0.05) is 47.6 Å². The van der Waals surface area contributed by atoms with Gasteiger partial charge in [0.25, 0.3) is 0 Å². The van der Waals surface area contributed by atoms with Gasteiger partial charge in [0, 0.05) is 12.5 Å². The van der Waals surface area contributed by atoms with Crippen LogP contribution in [0, 0.1) is 5.41 Å². The Balaban J connectivity index is 1.83. The SMILES string of the molecule is O=C1CC(Oc2cc(Cl)c(Cl)cc2Cl)C12CCCC2. The Hall–Kier alpha value is -0.440. The fourth-order valence-electron chi connectivity index (χ4n) is 3.12. The van der Waals surface area contributed by atoms with E-state index >= 15 is 0 Å². The fraction of sp³-hybridized carbons (Fsp3) is 0.500. The summed E-state index contributed by atoms with van der Waals surface area (Å²) in [5, 5.41) is 1.24.